The van der Waals surface area contributed by atoms with E-state index in [0.717, 1.165) is 12.1 Å². The lowest BCUT2D eigenvalue weighted by Gasteiger charge is -2.12. The first kappa shape index (κ1) is 11.0. The van der Waals surface area contributed by atoms with E-state index in [-0.39, 0.29) is 4.47 Å². The molecule has 0 aliphatic carbocycles. The fraction of sp³-hybridized carbons (Fsp3) is 0.125. The van der Waals surface area contributed by atoms with Gasteiger partial charge in [-0.25, -0.2) is 9.18 Å². The van der Waals surface area contributed by atoms with Gasteiger partial charge >= 0.3 is 11.9 Å². The Labute approximate surface area is 85.5 Å². The molecule has 1 N–H and O–H groups in total. The second-order valence-corrected chi connectivity index (χ2v) is 3.42. The zero-order valence-electron chi connectivity index (χ0n) is 6.60. The maximum Gasteiger partial charge on any atom is 0.379 e. The summed E-state index contributed by atoms with van der Waals surface area (Å²) in [5, 5.41) is 8.18. The van der Waals surface area contributed by atoms with Crippen molar-refractivity contribution in [2.45, 2.75) is 5.92 Å². The summed E-state index contributed by atoms with van der Waals surface area (Å²) in [5.74, 6) is -7.84. The van der Waals surface area contributed by atoms with Gasteiger partial charge in [-0.1, -0.05) is 15.9 Å². The highest BCUT2D eigenvalue weighted by Gasteiger charge is 2.43. The predicted molar refractivity (Wildman–Crippen MR) is 45.6 cm³/mol. The number of halogens is 4. The van der Waals surface area contributed by atoms with E-state index in [0.29, 0.717) is 0 Å². The van der Waals surface area contributed by atoms with Crippen molar-refractivity contribution in [3.63, 3.8) is 0 Å². The van der Waals surface area contributed by atoms with Crippen LogP contribution in [0.5, 0.6) is 0 Å². The molecule has 1 rings (SSSR count). The summed E-state index contributed by atoms with van der Waals surface area (Å²) in [7, 11) is 0. The number of benzene rings is 1. The summed E-state index contributed by atoms with van der Waals surface area (Å²) in [4.78, 5) is 10.2. The van der Waals surface area contributed by atoms with Gasteiger partial charge in [0, 0.05) is 4.47 Å². The van der Waals surface area contributed by atoms with Crippen LogP contribution in [-0.4, -0.2) is 11.1 Å². The average Bonchev–Trinajstić information content (AvgIpc) is 2.08. The molecule has 14 heavy (non-hydrogen) atoms. The van der Waals surface area contributed by atoms with Gasteiger partial charge in [0.1, 0.15) is 5.82 Å². The Morgan fingerprint density at radius 1 is 1.43 bits per heavy atom. The van der Waals surface area contributed by atoms with Gasteiger partial charge in [-0.3, -0.25) is 0 Å². The summed E-state index contributed by atoms with van der Waals surface area (Å²) in [6.07, 6.45) is 0. The highest BCUT2D eigenvalue weighted by Crippen LogP contribution is 2.32. The number of hydrogen-bond acceptors (Lipinski definition) is 1. The molecule has 0 atom stereocenters. The normalized spacial score (nSPS) is 11.4. The Morgan fingerprint density at radius 2 is 2.00 bits per heavy atom. The molecular formula is C8H4BrF3O2. The number of carbonyl (C=O) groups is 1. The molecule has 0 aromatic heterocycles. The Kier molecular flexibility index (Phi) is 2.84. The molecule has 76 valence electrons. The highest BCUT2D eigenvalue weighted by molar-refractivity contribution is 9.10. The zero-order valence-corrected chi connectivity index (χ0v) is 8.19. The number of alkyl halides is 2. The van der Waals surface area contributed by atoms with E-state index in [1.807, 2.05) is 0 Å². The van der Waals surface area contributed by atoms with Crippen molar-refractivity contribution in [1.29, 1.82) is 0 Å². The molecule has 0 saturated heterocycles. The molecule has 0 spiro atoms. The summed E-state index contributed by atoms with van der Waals surface area (Å²) in [6.45, 7) is 0. The van der Waals surface area contributed by atoms with Crippen LogP contribution >= 0.6 is 15.9 Å². The summed E-state index contributed by atoms with van der Waals surface area (Å²) < 4.78 is 38.8. The first-order valence-corrected chi connectivity index (χ1v) is 4.21. The van der Waals surface area contributed by atoms with E-state index in [1.165, 1.54) is 6.07 Å². The molecule has 0 radical (unpaired) electrons. The van der Waals surface area contributed by atoms with Crippen LogP contribution < -0.4 is 0 Å². The Balaban J connectivity index is 3.31. The standard InChI is InChI=1S/C8H4BrF3O2/c9-4-1-2-6(10)5(3-4)8(11,12)7(13)14/h1-3H,(H,13,14). The van der Waals surface area contributed by atoms with Gasteiger partial charge in [0.05, 0.1) is 5.56 Å². The summed E-state index contributed by atoms with van der Waals surface area (Å²) in [5.41, 5.74) is -1.15. The summed E-state index contributed by atoms with van der Waals surface area (Å²) >= 11 is 2.84. The highest BCUT2D eigenvalue weighted by atomic mass is 79.9. The minimum Gasteiger partial charge on any atom is -0.477 e. The van der Waals surface area contributed by atoms with Crippen LogP contribution in [0.15, 0.2) is 22.7 Å². The van der Waals surface area contributed by atoms with Gasteiger partial charge in [-0.2, -0.15) is 8.78 Å². The molecule has 0 saturated carbocycles. The molecule has 1 aromatic rings. The maximum atomic E-state index is 12.9. The number of carboxylic acid groups (broad SMARTS) is 1. The SMILES string of the molecule is O=C(O)C(F)(F)c1cc(Br)ccc1F. The van der Waals surface area contributed by atoms with Crippen molar-refractivity contribution in [2.75, 3.05) is 0 Å². The van der Waals surface area contributed by atoms with Crippen LogP contribution in [0.1, 0.15) is 5.56 Å². The third kappa shape index (κ3) is 1.89. The monoisotopic (exact) mass is 268 g/mol. The number of aliphatic carboxylic acids is 1. The molecule has 6 heteroatoms. The Bertz CT molecular complexity index is 379. The third-order valence-electron chi connectivity index (χ3n) is 1.54. The lowest BCUT2D eigenvalue weighted by molar-refractivity contribution is -0.166. The topological polar surface area (TPSA) is 37.3 Å². The summed E-state index contributed by atoms with van der Waals surface area (Å²) in [6, 6.07) is 2.72. The zero-order chi connectivity index (χ0) is 10.9. The molecule has 0 unspecified atom stereocenters. The molecule has 0 aliphatic rings. The largest absolute Gasteiger partial charge is 0.477 e. The fourth-order valence-electron chi connectivity index (χ4n) is 0.853. The second-order valence-electron chi connectivity index (χ2n) is 2.50. The number of rotatable bonds is 2. The van der Waals surface area contributed by atoms with Crippen molar-refractivity contribution >= 4 is 21.9 Å². The molecule has 0 heterocycles. The van der Waals surface area contributed by atoms with E-state index >= 15 is 0 Å². The molecule has 0 aliphatic heterocycles. The van der Waals surface area contributed by atoms with E-state index in [4.69, 9.17) is 5.11 Å². The quantitative estimate of drug-likeness (QED) is 0.896. The van der Waals surface area contributed by atoms with Crippen LogP contribution in [-0.2, 0) is 10.7 Å². The molecule has 2 nitrogen and oxygen atoms in total. The minimum absolute atomic E-state index is 0.190. The van der Waals surface area contributed by atoms with Gasteiger partial charge in [-0.15, -0.1) is 0 Å². The second kappa shape index (κ2) is 3.61. The van der Waals surface area contributed by atoms with Crippen LogP contribution in [0.2, 0.25) is 0 Å². The van der Waals surface area contributed by atoms with Gasteiger partial charge in [-0.05, 0) is 18.2 Å². The predicted octanol–water partition coefficient (Wildman–Crippen LogP) is 2.76. The van der Waals surface area contributed by atoms with Gasteiger partial charge in [0.15, 0.2) is 0 Å². The van der Waals surface area contributed by atoms with Crippen molar-refractivity contribution in [1.82, 2.24) is 0 Å². The van der Waals surface area contributed by atoms with E-state index < -0.39 is 23.3 Å². The molecule has 0 fully saturated rings. The van der Waals surface area contributed by atoms with Crippen LogP contribution in [0, 0.1) is 5.82 Å². The smallest absolute Gasteiger partial charge is 0.379 e. The lowest BCUT2D eigenvalue weighted by Crippen LogP contribution is -2.26. The van der Waals surface area contributed by atoms with Gasteiger partial charge in [0.2, 0.25) is 0 Å². The van der Waals surface area contributed by atoms with Crippen LogP contribution in [0.25, 0.3) is 0 Å². The average molecular weight is 269 g/mol. The number of hydrogen-bond donors (Lipinski definition) is 1. The molecular weight excluding hydrogens is 265 g/mol. The first-order chi connectivity index (χ1) is 6.35. The van der Waals surface area contributed by atoms with E-state index in [1.54, 1.807) is 0 Å². The lowest BCUT2D eigenvalue weighted by atomic mass is 10.1. The molecule has 0 bridgehead atoms. The van der Waals surface area contributed by atoms with E-state index in [9.17, 15) is 18.0 Å². The fourth-order valence-corrected chi connectivity index (χ4v) is 1.21. The van der Waals surface area contributed by atoms with Crippen molar-refractivity contribution < 1.29 is 23.1 Å². The Hall–Kier alpha value is -1.04. The minimum atomic E-state index is -4.21. The van der Waals surface area contributed by atoms with E-state index in [2.05, 4.69) is 15.9 Å². The first-order valence-electron chi connectivity index (χ1n) is 3.42. The third-order valence-corrected chi connectivity index (χ3v) is 2.03. The van der Waals surface area contributed by atoms with Gasteiger partial charge in [0.25, 0.3) is 0 Å². The van der Waals surface area contributed by atoms with Crippen molar-refractivity contribution in [3.8, 4) is 0 Å². The Morgan fingerprint density at radius 3 is 2.50 bits per heavy atom. The molecule has 0 amide bonds. The number of carboxylic acids is 1. The maximum absolute atomic E-state index is 12.9. The van der Waals surface area contributed by atoms with Crippen molar-refractivity contribution in [2.24, 2.45) is 0 Å². The van der Waals surface area contributed by atoms with Crippen LogP contribution in [0.4, 0.5) is 13.2 Å². The van der Waals surface area contributed by atoms with Gasteiger partial charge < -0.3 is 5.11 Å². The van der Waals surface area contributed by atoms with Crippen LogP contribution in [0.3, 0.4) is 0 Å². The molecule has 1 aromatic carbocycles. The van der Waals surface area contributed by atoms with Crippen molar-refractivity contribution in [3.05, 3.63) is 34.1 Å².